The highest BCUT2D eigenvalue weighted by Crippen LogP contribution is 2.47. The molecule has 0 aliphatic heterocycles. The quantitative estimate of drug-likeness (QED) is 0.374. The molecule has 0 saturated heterocycles. The maximum absolute atomic E-state index is 13.0. The number of hydrogen-bond donors (Lipinski definition) is 3. The number of ether oxygens (including phenoxy) is 2. The van der Waals surface area contributed by atoms with Gasteiger partial charge in [-0.3, -0.25) is 19.2 Å². The Morgan fingerprint density at radius 1 is 0.970 bits per heavy atom. The minimum atomic E-state index is -1.05. The molecule has 1 aromatic rings. The molecule has 10 nitrogen and oxygen atoms in total. The molecular weight excluding hydrogens is 430 g/mol. The van der Waals surface area contributed by atoms with Gasteiger partial charge >= 0.3 is 0 Å². The molecule has 33 heavy (non-hydrogen) atoms. The van der Waals surface area contributed by atoms with Crippen LogP contribution in [-0.2, 0) is 23.9 Å². The Labute approximate surface area is 194 Å². The van der Waals surface area contributed by atoms with Gasteiger partial charge < -0.3 is 29.8 Å². The maximum Gasteiger partial charge on any atom is 0.255 e. The second-order valence-electron chi connectivity index (χ2n) is 9.13. The van der Waals surface area contributed by atoms with Crippen molar-refractivity contribution in [2.24, 2.45) is 11.3 Å². The summed E-state index contributed by atoms with van der Waals surface area (Å²) in [6, 6.07) is -1.29. The van der Waals surface area contributed by atoms with Crippen LogP contribution in [0.1, 0.15) is 50.4 Å². The smallest absolute Gasteiger partial charge is 0.255 e. The van der Waals surface area contributed by atoms with Crippen LogP contribution in [0.5, 0.6) is 0 Å². The third-order valence-corrected chi connectivity index (χ3v) is 5.64. The second kappa shape index (κ2) is 11.9. The number of furan rings is 1. The molecule has 3 amide bonds. The summed E-state index contributed by atoms with van der Waals surface area (Å²) in [5, 5.41) is 7.96. The van der Waals surface area contributed by atoms with Crippen LogP contribution in [0.4, 0.5) is 0 Å². The van der Waals surface area contributed by atoms with Crippen LogP contribution in [0, 0.1) is 11.3 Å². The lowest BCUT2D eigenvalue weighted by atomic mass is 9.91. The summed E-state index contributed by atoms with van der Waals surface area (Å²) in [6.07, 6.45) is 4.72. The molecule has 0 unspecified atom stereocenters. The van der Waals surface area contributed by atoms with Crippen molar-refractivity contribution in [2.75, 3.05) is 27.4 Å². The summed E-state index contributed by atoms with van der Waals surface area (Å²) >= 11 is 0. The number of carbonyl (C=O) groups excluding carboxylic acids is 4. The maximum atomic E-state index is 13.0. The van der Waals surface area contributed by atoms with Gasteiger partial charge in [0, 0.05) is 19.6 Å². The molecular formula is C23H35N3O7. The number of methoxy groups -OCH3 is 2. The lowest BCUT2D eigenvalue weighted by Gasteiger charge is -2.26. The summed E-state index contributed by atoms with van der Waals surface area (Å²) in [4.78, 5) is 51.1. The largest absolute Gasteiger partial charge is 0.472 e. The Morgan fingerprint density at radius 3 is 1.97 bits per heavy atom. The molecule has 1 fully saturated rings. The number of amides is 3. The molecule has 3 N–H and O–H groups in total. The normalized spacial score (nSPS) is 17.0. The first-order valence-electron chi connectivity index (χ1n) is 11.1. The van der Waals surface area contributed by atoms with Gasteiger partial charge in [-0.1, -0.05) is 20.8 Å². The van der Waals surface area contributed by atoms with Crippen molar-refractivity contribution in [3.05, 3.63) is 24.2 Å². The highest BCUT2D eigenvalue weighted by Gasteiger charge is 2.48. The molecule has 1 aromatic heterocycles. The zero-order valence-electron chi connectivity index (χ0n) is 19.9. The molecule has 1 aliphatic rings. The predicted molar refractivity (Wildman–Crippen MR) is 119 cm³/mol. The molecule has 184 valence electrons. The fraction of sp³-hybridized carbons (Fsp3) is 0.652. The SMILES string of the molecule is COC[C@H](NC(=O)c1ccoc1)C(=O)N[C@@H](COC)C(=O)N[C@@H](CC(C)C)C(=O)C1(C)CC1. The molecule has 3 atom stereocenters. The molecule has 0 spiro atoms. The molecule has 1 heterocycles. The van der Waals surface area contributed by atoms with E-state index in [9.17, 15) is 19.2 Å². The van der Waals surface area contributed by atoms with Crippen molar-refractivity contribution in [1.29, 1.82) is 0 Å². The molecule has 2 rings (SSSR count). The first kappa shape index (κ1) is 26.5. The Morgan fingerprint density at radius 2 is 1.52 bits per heavy atom. The van der Waals surface area contributed by atoms with E-state index < -0.39 is 41.3 Å². The van der Waals surface area contributed by atoms with Gasteiger partial charge in [0.2, 0.25) is 11.8 Å². The van der Waals surface area contributed by atoms with E-state index in [2.05, 4.69) is 16.0 Å². The Kier molecular flexibility index (Phi) is 9.60. The van der Waals surface area contributed by atoms with Crippen molar-refractivity contribution in [3.63, 3.8) is 0 Å². The average molecular weight is 466 g/mol. The Bertz CT molecular complexity index is 818. The predicted octanol–water partition coefficient (Wildman–Crippen LogP) is 1.06. The van der Waals surface area contributed by atoms with Gasteiger partial charge in [-0.15, -0.1) is 0 Å². The van der Waals surface area contributed by atoms with E-state index >= 15 is 0 Å². The van der Waals surface area contributed by atoms with Gasteiger partial charge in [0.1, 0.15) is 18.3 Å². The van der Waals surface area contributed by atoms with E-state index in [1.807, 2.05) is 20.8 Å². The third kappa shape index (κ3) is 7.68. The topological polar surface area (TPSA) is 136 Å². The first-order valence-corrected chi connectivity index (χ1v) is 11.1. The van der Waals surface area contributed by atoms with Gasteiger partial charge in [0.25, 0.3) is 5.91 Å². The van der Waals surface area contributed by atoms with Crippen LogP contribution in [-0.4, -0.2) is 69.1 Å². The van der Waals surface area contributed by atoms with Gasteiger partial charge in [-0.05, 0) is 31.2 Å². The highest BCUT2D eigenvalue weighted by molar-refractivity contribution is 5.99. The Hall–Kier alpha value is -2.72. The van der Waals surface area contributed by atoms with Gasteiger partial charge in [-0.25, -0.2) is 0 Å². The van der Waals surface area contributed by atoms with Gasteiger partial charge in [0.05, 0.1) is 31.1 Å². The number of rotatable bonds is 14. The standard InChI is InChI=1S/C23H35N3O7/c1-14(2)10-16(19(27)23(3)7-8-23)24-21(29)18(13-32-5)26-22(30)17(12-31-4)25-20(28)15-6-9-33-11-15/h6,9,11,14,16-18H,7-8,10,12-13H2,1-5H3,(H,24,29)(H,25,28)(H,26,30)/t16-,17-,18-/m0/s1. The van der Waals surface area contributed by atoms with Crippen molar-refractivity contribution in [1.82, 2.24) is 16.0 Å². The van der Waals surface area contributed by atoms with E-state index in [4.69, 9.17) is 13.9 Å². The van der Waals surface area contributed by atoms with Crippen LogP contribution in [0.2, 0.25) is 0 Å². The van der Waals surface area contributed by atoms with Crippen LogP contribution in [0.15, 0.2) is 23.0 Å². The lowest BCUT2D eigenvalue weighted by molar-refractivity contribution is -0.134. The molecule has 0 bridgehead atoms. The fourth-order valence-electron chi connectivity index (χ4n) is 3.44. The Balaban J connectivity index is 2.07. The van der Waals surface area contributed by atoms with Crippen molar-refractivity contribution >= 4 is 23.5 Å². The minimum absolute atomic E-state index is 0.0108. The zero-order valence-corrected chi connectivity index (χ0v) is 19.9. The number of hydrogen-bond acceptors (Lipinski definition) is 7. The van der Waals surface area contributed by atoms with Gasteiger partial charge in [0.15, 0.2) is 5.78 Å². The van der Waals surface area contributed by atoms with Crippen LogP contribution in [0.25, 0.3) is 0 Å². The average Bonchev–Trinajstić information content (AvgIpc) is 3.27. The van der Waals surface area contributed by atoms with Crippen molar-refractivity contribution in [3.8, 4) is 0 Å². The summed E-state index contributed by atoms with van der Waals surface area (Å²) in [5.74, 6) is -1.45. The molecule has 10 heteroatoms. The van der Waals surface area contributed by atoms with Crippen molar-refractivity contribution < 1.29 is 33.1 Å². The minimum Gasteiger partial charge on any atom is -0.472 e. The molecule has 1 saturated carbocycles. The van der Waals surface area contributed by atoms with Crippen molar-refractivity contribution in [2.45, 2.75) is 58.2 Å². The van der Waals surface area contributed by atoms with Crippen LogP contribution >= 0.6 is 0 Å². The van der Waals surface area contributed by atoms with Gasteiger partial charge in [-0.2, -0.15) is 0 Å². The fourth-order valence-corrected chi connectivity index (χ4v) is 3.44. The van der Waals surface area contributed by atoms with E-state index in [1.165, 1.54) is 32.8 Å². The number of nitrogens with one attached hydrogen (secondary N) is 3. The molecule has 0 radical (unpaired) electrons. The second-order valence-corrected chi connectivity index (χ2v) is 9.13. The van der Waals surface area contributed by atoms with E-state index in [1.54, 1.807) is 0 Å². The number of carbonyl (C=O) groups is 4. The first-order chi connectivity index (χ1) is 15.6. The van der Waals surface area contributed by atoms with E-state index in [-0.39, 0.29) is 30.5 Å². The zero-order chi connectivity index (χ0) is 24.6. The van der Waals surface area contributed by atoms with E-state index in [0.717, 1.165) is 12.8 Å². The summed E-state index contributed by atoms with van der Waals surface area (Å²) in [5.41, 5.74) is -0.146. The summed E-state index contributed by atoms with van der Waals surface area (Å²) in [7, 11) is 2.80. The number of Topliss-reactive ketones (excluding diaryl/α,β-unsaturated/α-hetero) is 1. The number of ketones is 1. The van der Waals surface area contributed by atoms with Crippen LogP contribution < -0.4 is 16.0 Å². The molecule has 0 aromatic carbocycles. The highest BCUT2D eigenvalue weighted by atomic mass is 16.5. The van der Waals surface area contributed by atoms with Crippen LogP contribution in [0.3, 0.4) is 0 Å². The third-order valence-electron chi connectivity index (χ3n) is 5.64. The summed E-state index contributed by atoms with van der Waals surface area (Å²) < 4.78 is 15.1. The monoisotopic (exact) mass is 465 g/mol. The summed E-state index contributed by atoms with van der Waals surface area (Å²) in [6.45, 7) is 5.65. The van der Waals surface area contributed by atoms with E-state index in [0.29, 0.717) is 6.42 Å². The lowest BCUT2D eigenvalue weighted by Crippen LogP contribution is -2.58. The molecule has 1 aliphatic carbocycles.